The largest absolute Gasteiger partial charge is 0.265 e. The second-order valence-electron chi connectivity index (χ2n) is 1.60. The smallest absolute Gasteiger partial charge is 0.0285 e. The van der Waals surface area contributed by atoms with Crippen molar-refractivity contribution in [3.05, 3.63) is 24.9 Å². The van der Waals surface area contributed by atoms with Gasteiger partial charge in [-0.05, 0) is 13.0 Å². The molecular weight excluding hydrogens is 130 g/mol. The molecule has 0 amide bonds. The van der Waals surface area contributed by atoms with E-state index >= 15 is 0 Å². The molecule has 9 heavy (non-hydrogen) atoms. The van der Waals surface area contributed by atoms with Crippen molar-refractivity contribution in [1.82, 2.24) is 0 Å². The Morgan fingerprint density at radius 2 is 2.44 bits per heavy atom. The highest BCUT2D eigenvalue weighted by Gasteiger charge is 1.78. The van der Waals surface area contributed by atoms with Gasteiger partial charge in [0.05, 0.1) is 0 Å². The van der Waals surface area contributed by atoms with Crippen molar-refractivity contribution in [3.8, 4) is 0 Å². The molecule has 0 atom stereocenters. The van der Waals surface area contributed by atoms with Crippen LogP contribution in [0.3, 0.4) is 0 Å². The van der Waals surface area contributed by atoms with Gasteiger partial charge in [0.1, 0.15) is 0 Å². The number of nitrogens with zero attached hydrogens (tertiary/aromatic N) is 1. The quantitative estimate of drug-likeness (QED) is 0.351. The zero-order valence-electron chi connectivity index (χ0n) is 5.54. The van der Waals surface area contributed by atoms with Gasteiger partial charge < -0.3 is 0 Å². The monoisotopic (exact) mass is 141 g/mol. The molecular formula is C7H11NS. The van der Waals surface area contributed by atoms with Gasteiger partial charge in [-0.2, -0.15) is 12.6 Å². The Hall–Kier alpha value is -0.500. The summed E-state index contributed by atoms with van der Waals surface area (Å²) in [5.41, 5.74) is 1.01. The van der Waals surface area contributed by atoms with E-state index in [1.807, 2.05) is 6.92 Å². The van der Waals surface area contributed by atoms with E-state index in [1.165, 1.54) is 0 Å². The molecule has 0 heterocycles. The second kappa shape index (κ2) is 5.63. The summed E-state index contributed by atoms with van der Waals surface area (Å²) in [5.74, 6) is 0.710. The van der Waals surface area contributed by atoms with E-state index in [9.17, 15) is 0 Å². The maximum Gasteiger partial charge on any atom is 0.0285 e. The molecule has 0 aliphatic heterocycles. The highest BCUT2D eigenvalue weighted by molar-refractivity contribution is 7.81. The Kier molecular flexibility index (Phi) is 5.32. The first-order valence-electron chi connectivity index (χ1n) is 2.73. The Bertz CT molecular complexity index is 136. The van der Waals surface area contributed by atoms with Crippen LogP contribution in [0.5, 0.6) is 0 Å². The van der Waals surface area contributed by atoms with Crippen molar-refractivity contribution >= 4 is 18.3 Å². The van der Waals surface area contributed by atoms with E-state index in [-0.39, 0.29) is 0 Å². The lowest BCUT2D eigenvalue weighted by Gasteiger charge is -1.85. The predicted molar refractivity (Wildman–Crippen MR) is 46.3 cm³/mol. The number of hydrogen-bond acceptors (Lipinski definition) is 2. The lowest BCUT2D eigenvalue weighted by Crippen LogP contribution is -1.88. The predicted octanol–water partition coefficient (Wildman–Crippen LogP) is 2.08. The SMILES string of the molecule is C=C/C=C\N=C(C)CS. The molecule has 0 aliphatic carbocycles. The lowest BCUT2D eigenvalue weighted by molar-refractivity contribution is 1.51. The van der Waals surface area contributed by atoms with Gasteiger partial charge in [-0.3, -0.25) is 4.99 Å². The van der Waals surface area contributed by atoms with Crippen LogP contribution in [0.2, 0.25) is 0 Å². The van der Waals surface area contributed by atoms with Crippen molar-refractivity contribution in [2.75, 3.05) is 5.75 Å². The topological polar surface area (TPSA) is 12.4 Å². The lowest BCUT2D eigenvalue weighted by atomic mass is 10.5. The Morgan fingerprint density at radius 3 is 2.89 bits per heavy atom. The van der Waals surface area contributed by atoms with Crippen LogP contribution in [0, 0.1) is 0 Å². The molecule has 0 aromatic carbocycles. The van der Waals surface area contributed by atoms with Crippen LogP contribution in [0.4, 0.5) is 0 Å². The Labute approximate surface area is 61.6 Å². The summed E-state index contributed by atoms with van der Waals surface area (Å²) in [6.45, 7) is 5.44. The molecule has 0 spiro atoms. The van der Waals surface area contributed by atoms with Gasteiger partial charge >= 0.3 is 0 Å². The molecule has 0 N–H and O–H groups in total. The fourth-order valence-electron chi connectivity index (χ4n) is 0.272. The van der Waals surface area contributed by atoms with E-state index in [4.69, 9.17) is 0 Å². The highest BCUT2D eigenvalue weighted by atomic mass is 32.1. The van der Waals surface area contributed by atoms with Crippen LogP contribution in [-0.4, -0.2) is 11.5 Å². The summed E-state index contributed by atoms with van der Waals surface area (Å²) in [6, 6.07) is 0. The maximum absolute atomic E-state index is 4.03. The van der Waals surface area contributed by atoms with Crippen LogP contribution in [0.1, 0.15) is 6.92 Å². The zero-order chi connectivity index (χ0) is 7.11. The molecule has 0 saturated carbocycles. The van der Waals surface area contributed by atoms with Crippen LogP contribution in [0.15, 0.2) is 29.9 Å². The Balaban J connectivity index is 3.67. The molecule has 0 radical (unpaired) electrons. The van der Waals surface area contributed by atoms with Crippen LogP contribution < -0.4 is 0 Å². The molecule has 0 unspecified atom stereocenters. The first-order chi connectivity index (χ1) is 4.31. The number of allylic oxidation sites excluding steroid dienone is 2. The van der Waals surface area contributed by atoms with Gasteiger partial charge in [-0.1, -0.05) is 12.7 Å². The number of thiol groups is 1. The fourth-order valence-corrected chi connectivity index (χ4v) is 0.354. The van der Waals surface area contributed by atoms with Gasteiger partial charge in [-0.25, -0.2) is 0 Å². The molecule has 0 aliphatic rings. The molecule has 0 bridgehead atoms. The first kappa shape index (κ1) is 8.50. The minimum absolute atomic E-state index is 0.710. The Morgan fingerprint density at radius 1 is 1.78 bits per heavy atom. The molecule has 2 heteroatoms. The minimum atomic E-state index is 0.710. The third-order valence-corrected chi connectivity index (χ3v) is 1.20. The standard InChI is InChI=1S/C7H11NS/c1-3-4-5-8-7(2)6-9/h3-5,9H,1,6H2,2H3/b5-4-,8-7?. The summed E-state index contributed by atoms with van der Waals surface area (Å²) < 4.78 is 0. The number of aliphatic imine (C=N–C) groups is 1. The first-order valence-corrected chi connectivity index (χ1v) is 3.36. The summed E-state index contributed by atoms with van der Waals surface area (Å²) in [6.07, 6.45) is 5.18. The average Bonchev–Trinajstić information content (AvgIpc) is 1.89. The van der Waals surface area contributed by atoms with Crippen LogP contribution >= 0.6 is 12.6 Å². The molecule has 1 nitrogen and oxygen atoms in total. The van der Waals surface area contributed by atoms with Gasteiger partial charge in [0.25, 0.3) is 0 Å². The van der Waals surface area contributed by atoms with Crippen molar-refractivity contribution in [3.63, 3.8) is 0 Å². The second-order valence-corrected chi connectivity index (χ2v) is 1.92. The molecule has 50 valence electrons. The average molecular weight is 141 g/mol. The normalized spacial score (nSPS) is 12.4. The maximum atomic E-state index is 4.03. The minimum Gasteiger partial charge on any atom is -0.265 e. The summed E-state index contributed by atoms with van der Waals surface area (Å²) in [4.78, 5) is 4.02. The summed E-state index contributed by atoms with van der Waals surface area (Å²) >= 11 is 4.03. The van der Waals surface area contributed by atoms with Crippen molar-refractivity contribution < 1.29 is 0 Å². The van der Waals surface area contributed by atoms with Crippen LogP contribution in [0.25, 0.3) is 0 Å². The van der Waals surface area contributed by atoms with Crippen molar-refractivity contribution in [2.24, 2.45) is 4.99 Å². The third kappa shape index (κ3) is 5.37. The van der Waals surface area contributed by atoms with Gasteiger partial charge in [-0.15, -0.1) is 0 Å². The van der Waals surface area contributed by atoms with E-state index < -0.39 is 0 Å². The van der Waals surface area contributed by atoms with Gasteiger partial charge in [0.15, 0.2) is 0 Å². The molecule has 0 aromatic heterocycles. The zero-order valence-corrected chi connectivity index (χ0v) is 6.44. The number of rotatable bonds is 3. The van der Waals surface area contributed by atoms with Crippen LogP contribution in [-0.2, 0) is 0 Å². The molecule has 0 rings (SSSR count). The fraction of sp³-hybridized carbons (Fsp3) is 0.286. The third-order valence-electron chi connectivity index (χ3n) is 0.746. The van der Waals surface area contributed by atoms with Gasteiger partial charge in [0.2, 0.25) is 0 Å². The van der Waals surface area contributed by atoms with E-state index in [2.05, 4.69) is 24.2 Å². The van der Waals surface area contributed by atoms with E-state index in [0.717, 1.165) is 5.71 Å². The van der Waals surface area contributed by atoms with Crippen molar-refractivity contribution in [1.29, 1.82) is 0 Å². The van der Waals surface area contributed by atoms with Gasteiger partial charge in [0, 0.05) is 17.7 Å². The van der Waals surface area contributed by atoms with E-state index in [0.29, 0.717) is 5.75 Å². The molecule has 0 fully saturated rings. The summed E-state index contributed by atoms with van der Waals surface area (Å²) in [5, 5.41) is 0. The van der Waals surface area contributed by atoms with E-state index in [1.54, 1.807) is 18.4 Å². The molecule has 0 aromatic rings. The highest BCUT2D eigenvalue weighted by Crippen LogP contribution is 1.83. The summed E-state index contributed by atoms with van der Waals surface area (Å²) in [7, 11) is 0. The number of hydrogen-bond donors (Lipinski definition) is 1. The van der Waals surface area contributed by atoms with Crippen molar-refractivity contribution in [2.45, 2.75) is 6.92 Å². The molecule has 0 saturated heterocycles.